The van der Waals surface area contributed by atoms with Gasteiger partial charge in [0.05, 0.1) is 39.1 Å². The van der Waals surface area contributed by atoms with Gasteiger partial charge in [0.2, 0.25) is 0 Å². The highest BCUT2D eigenvalue weighted by Gasteiger charge is 2.15. The molecule has 3 aromatic heterocycles. The number of para-hydroxylation sites is 3. The molecule has 0 bridgehead atoms. The molecule has 7 aromatic carbocycles. The first-order valence-electron chi connectivity index (χ1n) is 17.9. The molecule has 0 radical (unpaired) electrons. The van der Waals surface area contributed by atoms with Gasteiger partial charge in [-0.15, -0.1) is 0 Å². The Morgan fingerprint density at radius 1 is 0.302 bits per heavy atom. The molecular weight excluding hydrogens is 645 g/mol. The lowest BCUT2D eigenvalue weighted by Crippen LogP contribution is -1.96. The Hall–Kier alpha value is -7.17. The summed E-state index contributed by atoms with van der Waals surface area (Å²) in [5.74, 6) is 0.694. The number of hydrogen-bond donors (Lipinski definition) is 0. The van der Waals surface area contributed by atoms with E-state index in [2.05, 4.69) is 174 Å². The number of benzene rings is 7. The van der Waals surface area contributed by atoms with Crippen LogP contribution in [0.5, 0.6) is 0 Å². The molecule has 0 aliphatic carbocycles. The fourth-order valence-electron chi connectivity index (χ4n) is 7.33. The molecule has 0 atom stereocenters. The van der Waals surface area contributed by atoms with Crippen LogP contribution in [0, 0.1) is 0 Å². The first-order chi connectivity index (χ1) is 26.2. The molecule has 10 rings (SSSR count). The Balaban J connectivity index is 1.00. The molecule has 4 nitrogen and oxygen atoms in total. The number of fused-ring (bicyclic) bond motifs is 5. The molecule has 0 saturated heterocycles. The lowest BCUT2D eigenvalue weighted by Gasteiger charge is -2.12. The zero-order chi connectivity index (χ0) is 35.1. The van der Waals surface area contributed by atoms with Crippen molar-refractivity contribution in [1.82, 2.24) is 19.4 Å². The summed E-state index contributed by atoms with van der Waals surface area (Å²) in [4.78, 5) is 15.4. The van der Waals surface area contributed by atoms with Gasteiger partial charge in [0, 0.05) is 27.6 Å². The molecule has 0 spiro atoms. The maximum Gasteiger partial charge on any atom is 0.160 e. The van der Waals surface area contributed by atoms with E-state index in [0.717, 1.165) is 72.6 Å². The highest BCUT2D eigenvalue weighted by molar-refractivity contribution is 5.98. The van der Waals surface area contributed by atoms with Gasteiger partial charge < -0.3 is 4.40 Å². The smallest absolute Gasteiger partial charge is 0.160 e. The van der Waals surface area contributed by atoms with E-state index < -0.39 is 0 Å². The van der Waals surface area contributed by atoms with Gasteiger partial charge in [-0.25, -0.2) is 15.0 Å². The molecule has 0 saturated carbocycles. The average Bonchev–Trinajstić information content (AvgIpc) is 3.64. The zero-order valence-electron chi connectivity index (χ0n) is 28.8. The summed E-state index contributed by atoms with van der Waals surface area (Å²) in [6.07, 6.45) is 0. The van der Waals surface area contributed by atoms with Crippen LogP contribution in [0.1, 0.15) is 0 Å². The van der Waals surface area contributed by atoms with Crippen LogP contribution in [-0.2, 0) is 0 Å². The van der Waals surface area contributed by atoms with Crippen LogP contribution >= 0.6 is 0 Å². The van der Waals surface area contributed by atoms with Crippen molar-refractivity contribution in [2.75, 3.05) is 0 Å². The molecule has 0 fully saturated rings. The van der Waals surface area contributed by atoms with Crippen LogP contribution in [-0.4, -0.2) is 19.4 Å². The topological polar surface area (TPSA) is 43.1 Å². The van der Waals surface area contributed by atoms with Crippen LogP contribution in [0.4, 0.5) is 0 Å². The minimum atomic E-state index is 0.694. The summed E-state index contributed by atoms with van der Waals surface area (Å²) in [6.45, 7) is 0. The van der Waals surface area contributed by atoms with E-state index >= 15 is 0 Å². The van der Waals surface area contributed by atoms with E-state index in [-0.39, 0.29) is 0 Å². The first-order valence-corrected chi connectivity index (χ1v) is 17.9. The molecule has 10 aromatic rings. The van der Waals surface area contributed by atoms with Crippen molar-refractivity contribution >= 4 is 27.5 Å². The maximum atomic E-state index is 5.16. The van der Waals surface area contributed by atoms with Gasteiger partial charge in [0.25, 0.3) is 0 Å². The highest BCUT2D eigenvalue weighted by Crippen LogP contribution is 2.34. The Kier molecular flexibility index (Phi) is 7.43. The predicted molar refractivity (Wildman–Crippen MR) is 218 cm³/mol. The van der Waals surface area contributed by atoms with E-state index in [1.165, 1.54) is 16.5 Å². The number of rotatable bonds is 6. The van der Waals surface area contributed by atoms with Crippen LogP contribution in [0.3, 0.4) is 0 Å². The molecule has 248 valence electrons. The van der Waals surface area contributed by atoms with E-state index in [9.17, 15) is 0 Å². The molecule has 4 heteroatoms. The van der Waals surface area contributed by atoms with Crippen LogP contribution in [0.15, 0.2) is 194 Å². The van der Waals surface area contributed by atoms with Crippen LogP contribution in [0.2, 0.25) is 0 Å². The zero-order valence-corrected chi connectivity index (χ0v) is 28.8. The molecule has 0 unspecified atom stereocenters. The normalized spacial score (nSPS) is 11.4. The first kappa shape index (κ1) is 30.6. The van der Waals surface area contributed by atoms with Gasteiger partial charge >= 0.3 is 0 Å². The van der Waals surface area contributed by atoms with E-state index in [1.54, 1.807) is 0 Å². The third-order valence-corrected chi connectivity index (χ3v) is 10.0. The minimum absolute atomic E-state index is 0.694. The van der Waals surface area contributed by atoms with Crippen molar-refractivity contribution in [3.05, 3.63) is 194 Å². The van der Waals surface area contributed by atoms with Crippen molar-refractivity contribution in [2.24, 2.45) is 0 Å². The molecule has 0 N–H and O–H groups in total. The maximum absolute atomic E-state index is 5.16. The summed E-state index contributed by atoms with van der Waals surface area (Å²) in [6, 6.07) is 67.9. The minimum Gasteiger partial charge on any atom is -0.306 e. The molecular formula is C49H32N4. The fraction of sp³-hybridized carbons (Fsp3) is 0. The molecule has 3 heterocycles. The van der Waals surface area contributed by atoms with Gasteiger partial charge in [-0.05, 0) is 58.7 Å². The summed E-state index contributed by atoms with van der Waals surface area (Å²) >= 11 is 0. The van der Waals surface area contributed by atoms with Gasteiger partial charge in [-0.1, -0.05) is 158 Å². The lowest BCUT2D eigenvalue weighted by molar-refractivity contribution is 1.18. The van der Waals surface area contributed by atoms with E-state index in [1.807, 2.05) is 24.3 Å². The quantitative estimate of drug-likeness (QED) is 0.176. The van der Waals surface area contributed by atoms with E-state index in [4.69, 9.17) is 15.0 Å². The largest absolute Gasteiger partial charge is 0.306 e. The van der Waals surface area contributed by atoms with Crippen molar-refractivity contribution in [1.29, 1.82) is 0 Å². The second kappa shape index (κ2) is 12.9. The number of nitrogens with zero attached hydrogens (tertiary/aromatic N) is 4. The number of aromatic nitrogens is 4. The van der Waals surface area contributed by atoms with Crippen molar-refractivity contribution in [2.45, 2.75) is 0 Å². The predicted octanol–water partition coefficient (Wildman–Crippen LogP) is 12.4. The second-order valence-corrected chi connectivity index (χ2v) is 13.3. The fourth-order valence-corrected chi connectivity index (χ4v) is 7.33. The third-order valence-electron chi connectivity index (χ3n) is 10.0. The summed E-state index contributed by atoms with van der Waals surface area (Å²) < 4.78 is 2.33. The Bertz CT molecular complexity index is 2910. The lowest BCUT2D eigenvalue weighted by atomic mass is 10.00. The van der Waals surface area contributed by atoms with Gasteiger partial charge in [0.15, 0.2) is 5.82 Å². The van der Waals surface area contributed by atoms with Crippen molar-refractivity contribution < 1.29 is 0 Å². The third kappa shape index (κ3) is 5.63. The molecule has 0 aliphatic heterocycles. The molecule has 53 heavy (non-hydrogen) atoms. The van der Waals surface area contributed by atoms with E-state index in [0.29, 0.717) is 5.82 Å². The Labute approximate surface area is 307 Å². The average molecular weight is 677 g/mol. The standard InChI is InChI=1S/C49H32N4/c1-3-12-33(13-4-1)39-17-11-18-40(30-39)44-32-43(36-14-5-2-6-15-36)51-49(52-44)38-28-24-35(25-29-38)34-22-26-37(27-23-34)48-47-31-41-16-7-9-20-45(41)53(47)46-21-10-8-19-42(46)50-48/h1-32H. The van der Waals surface area contributed by atoms with Gasteiger partial charge in [-0.2, -0.15) is 0 Å². The summed E-state index contributed by atoms with van der Waals surface area (Å²) in [7, 11) is 0. The number of hydrogen-bond acceptors (Lipinski definition) is 3. The van der Waals surface area contributed by atoms with Crippen LogP contribution < -0.4 is 0 Å². The Morgan fingerprint density at radius 3 is 1.57 bits per heavy atom. The Morgan fingerprint density at radius 2 is 0.830 bits per heavy atom. The van der Waals surface area contributed by atoms with Gasteiger partial charge in [-0.3, -0.25) is 0 Å². The van der Waals surface area contributed by atoms with Crippen molar-refractivity contribution in [3.8, 4) is 67.4 Å². The van der Waals surface area contributed by atoms with Crippen LogP contribution in [0.25, 0.3) is 94.9 Å². The summed E-state index contributed by atoms with van der Waals surface area (Å²) in [5.41, 5.74) is 15.9. The second-order valence-electron chi connectivity index (χ2n) is 13.3. The SMILES string of the molecule is c1ccc(-c2cccc(-c3cc(-c4ccccc4)nc(-c4ccc(-c5ccc(-c6nc7ccccc7n7c6cc6ccccc67)cc5)cc4)n3)c2)cc1. The van der Waals surface area contributed by atoms with Gasteiger partial charge in [0.1, 0.15) is 0 Å². The highest BCUT2D eigenvalue weighted by atomic mass is 14.9. The summed E-state index contributed by atoms with van der Waals surface area (Å²) in [5, 5.41) is 1.20. The molecule has 0 aliphatic rings. The van der Waals surface area contributed by atoms with Crippen molar-refractivity contribution in [3.63, 3.8) is 0 Å². The monoisotopic (exact) mass is 676 g/mol. The molecule has 0 amide bonds.